The Morgan fingerprint density at radius 3 is 2.55 bits per heavy atom. The van der Waals surface area contributed by atoms with E-state index in [9.17, 15) is 21.6 Å². The van der Waals surface area contributed by atoms with Crippen LogP contribution >= 0.6 is 0 Å². The first kappa shape index (κ1) is 22.8. The zero-order valence-electron chi connectivity index (χ0n) is 18.7. The number of sulfone groups is 1. The zero-order chi connectivity index (χ0) is 23.6. The lowest BCUT2D eigenvalue weighted by atomic mass is 9.91. The molecule has 2 aromatic heterocycles. The maximum absolute atomic E-state index is 12.8. The quantitative estimate of drug-likeness (QED) is 0.660. The van der Waals surface area contributed by atoms with Gasteiger partial charge in [-0.3, -0.25) is 9.88 Å². The number of hydrogen-bond acceptors (Lipinski definition) is 6. The van der Waals surface area contributed by atoms with Crippen LogP contribution in [0.3, 0.4) is 0 Å². The highest BCUT2D eigenvalue weighted by Gasteiger charge is 2.53. The maximum atomic E-state index is 12.8. The summed E-state index contributed by atoms with van der Waals surface area (Å²) in [6.07, 6.45) is 0.559. The zero-order valence-corrected chi connectivity index (χ0v) is 19.5. The SMILES string of the molecule is CC(C)n1nc(-c2ccc(C(F)(F)F)nc2)nc1[C@H]1CC[C@@H](N2CCC3(C2)CS(=O)(=O)C3)C1. The largest absolute Gasteiger partial charge is 0.433 e. The minimum absolute atomic E-state index is 0.0440. The van der Waals surface area contributed by atoms with Crippen LogP contribution in [-0.2, 0) is 16.0 Å². The molecule has 3 aliphatic rings. The number of aromatic nitrogens is 4. The summed E-state index contributed by atoms with van der Waals surface area (Å²) in [7, 11) is -2.84. The van der Waals surface area contributed by atoms with Gasteiger partial charge in [-0.1, -0.05) is 0 Å². The van der Waals surface area contributed by atoms with Crippen molar-refractivity contribution < 1.29 is 21.6 Å². The van der Waals surface area contributed by atoms with Crippen LogP contribution in [0.15, 0.2) is 18.3 Å². The molecule has 1 spiro atoms. The molecule has 0 radical (unpaired) electrons. The molecule has 1 saturated carbocycles. The van der Waals surface area contributed by atoms with Crippen molar-refractivity contribution in [2.24, 2.45) is 5.41 Å². The second kappa shape index (κ2) is 7.76. The molecule has 3 fully saturated rings. The van der Waals surface area contributed by atoms with Crippen LogP contribution in [0.1, 0.15) is 63.0 Å². The van der Waals surface area contributed by atoms with Crippen molar-refractivity contribution in [3.63, 3.8) is 0 Å². The number of halogens is 3. The van der Waals surface area contributed by atoms with E-state index in [2.05, 4.69) is 15.0 Å². The first-order valence-corrected chi connectivity index (χ1v) is 13.2. The Kier molecular flexibility index (Phi) is 5.35. The molecule has 180 valence electrons. The number of pyridine rings is 1. The van der Waals surface area contributed by atoms with Gasteiger partial charge in [0, 0.05) is 41.7 Å². The molecule has 2 atom stereocenters. The van der Waals surface area contributed by atoms with Crippen LogP contribution < -0.4 is 0 Å². The van der Waals surface area contributed by atoms with Crippen molar-refractivity contribution in [1.82, 2.24) is 24.6 Å². The second-order valence-electron chi connectivity index (χ2n) is 10.2. The predicted octanol–water partition coefficient (Wildman–Crippen LogP) is 3.70. The number of nitrogens with zero attached hydrogens (tertiary/aromatic N) is 5. The van der Waals surface area contributed by atoms with Crippen LogP contribution in [0.5, 0.6) is 0 Å². The molecule has 4 heterocycles. The van der Waals surface area contributed by atoms with Crippen LogP contribution in [0.4, 0.5) is 13.2 Å². The average molecular weight is 484 g/mol. The Morgan fingerprint density at radius 2 is 1.94 bits per heavy atom. The van der Waals surface area contributed by atoms with Gasteiger partial charge in [-0.15, -0.1) is 0 Å². The van der Waals surface area contributed by atoms with E-state index < -0.39 is 21.7 Å². The summed E-state index contributed by atoms with van der Waals surface area (Å²) in [4.78, 5) is 10.7. The summed E-state index contributed by atoms with van der Waals surface area (Å²) in [6.45, 7) is 5.82. The Hall–Kier alpha value is -2.01. The Labute approximate surface area is 191 Å². The highest BCUT2D eigenvalue weighted by molar-refractivity contribution is 7.92. The molecule has 33 heavy (non-hydrogen) atoms. The third-order valence-corrected chi connectivity index (χ3v) is 9.37. The van der Waals surface area contributed by atoms with Crippen molar-refractivity contribution in [2.75, 3.05) is 24.6 Å². The van der Waals surface area contributed by atoms with Crippen LogP contribution in [-0.4, -0.2) is 63.7 Å². The number of rotatable bonds is 4. The molecular formula is C22H28F3N5O2S. The molecule has 2 saturated heterocycles. The summed E-state index contributed by atoms with van der Waals surface area (Å²) in [5, 5.41) is 4.60. The lowest BCUT2D eigenvalue weighted by Crippen LogP contribution is -2.50. The summed E-state index contributed by atoms with van der Waals surface area (Å²) in [5.74, 6) is 2.10. The number of likely N-dealkylation sites (tertiary alicyclic amines) is 1. The van der Waals surface area contributed by atoms with Gasteiger partial charge in [-0.2, -0.15) is 18.3 Å². The monoisotopic (exact) mass is 483 g/mol. The smallest absolute Gasteiger partial charge is 0.300 e. The first-order chi connectivity index (χ1) is 15.4. The maximum Gasteiger partial charge on any atom is 0.433 e. The molecule has 0 amide bonds. The van der Waals surface area contributed by atoms with Gasteiger partial charge in [0.25, 0.3) is 0 Å². The highest BCUT2D eigenvalue weighted by atomic mass is 32.2. The van der Waals surface area contributed by atoms with Gasteiger partial charge in [-0.05, 0) is 58.2 Å². The third-order valence-electron chi connectivity index (χ3n) is 7.27. The van der Waals surface area contributed by atoms with E-state index in [1.165, 1.54) is 12.3 Å². The Morgan fingerprint density at radius 1 is 1.18 bits per heavy atom. The van der Waals surface area contributed by atoms with Crippen molar-refractivity contribution in [3.8, 4) is 11.4 Å². The van der Waals surface area contributed by atoms with E-state index in [1.807, 2.05) is 18.5 Å². The van der Waals surface area contributed by atoms with E-state index in [-0.39, 0.29) is 17.4 Å². The fraction of sp³-hybridized carbons (Fsp3) is 0.682. The molecule has 0 bridgehead atoms. The summed E-state index contributed by atoms with van der Waals surface area (Å²) in [5.41, 5.74) is -0.514. The van der Waals surface area contributed by atoms with Gasteiger partial charge in [0.05, 0.1) is 11.5 Å². The topological polar surface area (TPSA) is 81.0 Å². The third kappa shape index (κ3) is 4.29. The van der Waals surface area contributed by atoms with E-state index in [0.717, 1.165) is 50.7 Å². The van der Waals surface area contributed by atoms with Gasteiger partial charge in [0.15, 0.2) is 15.7 Å². The highest BCUT2D eigenvalue weighted by Crippen LogP contribution is 2.45. The van der Waals surface area contributed by atoms with Crippen LogP contribution in [0.25, 0.3) is 11.4 Å². The minimum atomic E-state index is -4.48. The molecule has 0 aromatic carbocycles. The van der Waals surface area contributed by atoms with Crippen molar-refractivity contribution in [3.05, 3.63) is 29.8 Å². The first-order valence-electron chi connectivity index (χ1n) is 11.4. The number of alkyl halides is 3. The van der Waals surface area contributed by atoms with Crippen LogP contribution in [0.2, 0.25) is 0 Å². The summed E-state index contributed by atoms with van der Waals surface area (Å²) in [6, 6.07) is 2.79. The van der Waals surface area contributed by atoms with Gasteiger partial charge >= 0.3 is 6.18 Å². The molecule has 7 nitrogen and oxygen atoms in total. The van der Waals surface area contributed by atoms with Crippen molar-refractivity contribution >= 4 is 9.84 Å². The standard InChI is InChI=1S/C22H28F3N5O2S/c1-14(2)30-20(27-19(28-30)16-4-6-18(26-10-16)22(23,24)25)15-3-5-17(9-15)29-8-7-21(11-29)12-33(31,32)13-21/h4,6,10,14-15,17H,3,5,7-9,11-13H2,1-2H3/t15-,17+/m0/s1. The van der Waals surface area contributed by atoms with Gasteiger partial charge in [0.1, 0.15) is 11.5 Å². The molecule has 2 aliphatic heterocycles. The van der Waals surface area contributed by atoms with Crippen LogP contribution in [0, 0.1) is 5.41 Å². The van der Waals surface area contributed by atoms with Gasteiger partial charge < -0.3 is 0 Å². The molecule has 5 rings (SSSR count). The number of hydrogen-bond donors (Lipinski definition) is 0. The van der Waals surface area contributed by atoms with Crippen molar-refractivity contribution in [1.29, 1.82) is 0 Å². The van der Waals surface area contributed by atoms with E-state index in [0.29, 0.717) is 28.9 Å². The van der Waals surface area contributed by atoms with E-state index in [4.69, 9.17) is 4.98 Å². The minimum Gasteiger partial charge on any atom is -0.300 e. The summed E-state index contributed by atoms with van der Waals surface area (Å²) >= 11 is 0. The Balaban J connectivity index is 1.32. The molecule has 1 aliphatic carbocycles. The normalized spacial score (nSPS) is 26.8. The lowest BCUT2D eigenvalue weighted by Gasteiger charge is -2.38. The predicted molar refractivity (Wildman–Crippen MR) is 116 cm³/mol. The molecule has 0 N–H and O–H groups in total. The average Bonchev–Trinajstić information content (AvgIpc) is 3.44. The summed E-state index contributed by atoms with van der Waals surface area (Å²) < 4.78 is 63.8. The van der Waals surface area contributed by atoms with Gasteiger partial charge in [0.2, 0.25) is 0 Å². The van der Waals surface area contributed by atoms with E-state index >= 15 is 0 Å². The lowest BCUT2D eigenvalue weighted by molar-refractivity contribution is -0.141. The van der Waals surface area contributed by atoms with Crippen molar-refractivity contribution in [2.45, 2.75) is 63.7 Å². The Bertz CT molecular complexity index is 1130. The molecular weight excluding hydrogens is 455 g/mol. The molecule has 0 unspecified atom stereocenters. The van der Waals surface area contributed by atoms with Gasteiger partial charge in [-0.25, -0.2) is 18.1 Å². The molecule has 11 heteroatoms. The fourth-order valence-electron chi connectivity index (χ4n) is 5.74. The molecule has 2 aromatic rings. The fourth-order valence-corrected chi connectivity index (χ4v) is 7.99. The second-order valence-corrected chi connectivity index (χ2v) is 12.2. The van der Waals surface area contributed by atoms with E-state index in [1.54, 1.807) is 0 Å².